The fraction of sp³-hybridized carbons (Fsp3) is 0.833. The molecule has 0 saturated heterocycles. The van der Waals surface area contributed by atoms with Crippen LogP contribution in [0.5, 0.6) is 0 Å². The Bertz CT molecular complexity index is 116. The molecule has 0 amide bonds. The zero-order valence-electron chi connectivity index (χ0n) is 5.68. The highest BCUT2D eigenvalue weighted by atomic mass is 35.5. The first kappa shape index (κ1) is 10.0. The zero-order chi connectivity index (χ0) is 8.15. The van der Waals surface area contributed by atoms with E-state index in [1.165, 1.54) is 0 Å². The van der Waals surface area contributed by atoms with E-state index < -0.39 is 16.7 Å². The molecule has 0 aliphatic rings. The van der Waals surface area contributed by atoms with Crippen molar-refractivity contribution in [3.63, 3.8) is 0 Å². The average molecular weight is 185 g/mol. The van der Waals surface area contributed by atoms with Crippen LogP contribution in [0, 0.1) is 0 Å². The molecule has 2 unspecified atom stereocenters. The van der Waals surface area contributed by atoms with E-state index in [1.807, 2.05) is 6.92 Å². The van der Waals surface area contributed by atoms with Crippen molar-refractivity contribution >= 4 is 29.2 Å². The third-order valence-corrected chi connectivity index (χ3v) is 2.21. The maximum Gasteiger partial charge on any atom is 0.323 e. The van der Waals surface area contributed by atoms with Crippen molar-refractivity contribution < 1.29 is 9.90 Å². The lowest BCUT2D eigenvalue weighted by atomic mass is 10.2. The molecule has 4 heteroatoms. The number of alkyl halides is 2. The highest BCUT2D eigenvalue weighted by Crippen LogP contribution is 2.15. The van der Waals surface area contributed by atoms with Crippen molar-refractivity contribution in [1.29, 1.82) is 0 Å². The van der Waals surface area contributed by atoms with Crippen LogP contribution in [0.2, 0.25) is 0 Å². The Labute approximate surface area is 70.1 Å². The van der Waals surface area contributed by atoms with Crippen molar-refractivity contribution in [1.82, 2.24) is 0 Å². The topological polar surface area (TPSA) is 37.3 Å². The van der Waals surface area contributed by atoms with Gasteiger partial charge in [0.05, 0.1) is 5.38 Å². The molecular weight excluding hydrogens is 175 g/mol. The Morgan fingerprint density at radius 2 is 2.10 bits per heavy atom. The second kappa shape index (κ2) is 4.80. The van der Waals surface area contributed by atoms with Crippen LogP contribution in [0.25, 0.3) is 0 Å². The molecule has 10 heavy (non-hydrogen) atoms. The van der Waals surface area contributed by atoms with Crippen LogP contribution >= 0.6 is 23.2 Å². The van der Waals surface area contributed by atoms with Crippen LogP contribution in [0.3, 0.4) is 0 Å². The van der Waals surface area contributed by atoms with Gasteiger partial charge in [0.25, 0.3) is 0 Å². The number of rotatable bonds is 4. The van der Waals surface area contributed by atoms with Crippen LogP contribution in [-0.2, 0) is 4.79 Å². The molecule has 0 fully saturated rings. The van der Waals surface area contributed by atoms with Crippen molar-refractivity contribution in [2.24, 2.45) is 0 Å². The summed E-state index contributed by atoms with van der Waals surface area (Å²) in [6.07, 6.45) is 1.49. The Kier molecular flexibility index (Phi) is 4.83. The van der Waals surface area contributed by atoms with Crippen LogP contribution in [0.4, 0.5) is 0 Å². The van der Waals surface area contributed by atoms with Gasteiger partial charge in [0.1, 0.15) is 5.38 Å². The molecule has 60 valence electrons. The van der Waals surface area contributed by atoms with E-state index in [0.717, 1.165) is 6.42 Å². The van der Waals surface area contributed by atoms with Crippen molar-refractivity contribution in [2.45, 2.75) is 30.5 Å². The molecule has 0 saturated carbocycles. The lowest BCUT2D eigenvalue weighted by Gasteiger charge is -2.09. The monoisotopic (exact) mass is 184 g/mol. The summed E-state index contributed by atoms with van der Waals surface area (Å²) >= 11 is 11.0. The molecule has 0 aliphatic heterocycles. The van der Waals surface area contributed by atoms with Gasteiger partial charge in [-0.25, -0.2) is 0 Å². The van der Waals surface area contributed by atoms with Crippen molar-refractivity contribution in [3.05, 3.63) is 0 Å². The Hall–Kier alpha value is 0.0500. The SMILES string of the molecule is CCCC(Cl)C(Cl)C(=O)O. The fourth-order valence-electron chi connectivity index (χ4n) is 0.577. The summed E-state index contributed by atoms with van der Waals surface area (Å²) in [5.74, 6) is -1.05. The van der Waals surface area contributed by atoms with E-state index in [4.69, 9.17) is 28.3 Å². The van der Waals surface area contributed by atoms with Gasteiger partial charge in [-0.1, -0.05) is 13.3 Å². The third kappa shape index (κ3) is 3.28. The van der Waals surface area contributed by atoms with Gasteiger partial charge in [0.15, 0.2) is 0 Å². The highest BCUT2D eigenvalue weighted by Gasteiger charge is 2.22. The van der Waals surface area contributed by atoms with Gasteiger partial charge in [0.2, 0.25) is 0 Å². The summed E-state index contributed by atoms with van der Waals surface area (Å²) in [4.78, 5) is 10.2. The summed E-state index contributed by atoms with van der Waals surface area (Å²) in [5.41, 5.74) is 0. The van der Waals surface area contributed by atoms with Crippen molar-refractivity contribution in [3.8, 4) is 0 Å². The molecule has 0 aliphatic carbocycles. The van der Waals surface area contributed by atoms with E-state index >= 15 is 0 Å². The zero-order valence-corrected chi connectivity index (χ0v) is 7.19. The van der Waals surface area contributed by atoms with Crippen LogP contribution in [-0.4, -0.2) is 21.8 Å². The maximum atomic E-state index is 10.2. The van der Waals surface area contributed by atoms with Crippen LogP contribution < -0.4 is 0 Å². The van der Waals surface area contributed by atoms with Gasteiger partial charge in [-0.2, -0.15) is 0 Å². The molecule has 2 atom stereocenters. The van der Waals surface area contributed by atoms with Gasteiger partial charge in [-0.05, 0) is 6.42 Å². The molecule has 2 nitrogen and oxygen atoms in total. The fourth-order valence-corrected chi connectivity index (χ4v) is 1.03. The minimum absolute atomic E-state index is 0.454. The summed E-state index contributed by atoms with van der Waals surface area (Å²) in [6, 6.07) is 0. The Morgan fingerprint density at radius 3 is 2.40 bits per heavy atom. The molecule has 0 rings (SSSR count). The van der Waals surface area contributed by atoms with E-state index in [0.29, 0.717) is 6.42 Å². The van der Waals surface area contributed by atoms with Crippen LogP contribution in [0.15, 0.2) is 0 Å². The molecule has 0 spiro atoms. The lowest BCUT2D eigenvalue weighted by Crippen LogP contribution is -2.24. The predicted octanol–water partition coefficient (Wildman–Crippen LogP) is 2.09. The second-order valence-electron chi connectivity index (χ2n) is 2.04. The number of carbonyl (C=O) groups is 1. The second-order valence-corrected chi connectivity index (χ2v) is 3.08. The average Bonchev–Trinajstić information content (AvgIpc) is 1.87. The molecule has 0 heterocycles. The largest absolute Gasteiger partial charge is 0.480 e. The van der Waals surface area contributed by atoms with Gasteiger partial charge >= 0.3 is 5.97 Å². The minimum atomic E-state index is -1.05. The molecule has 0 aromatic rings. The molecule has 0 aromatic carbocycles. The third-order valence-electron chi connectivity index (χ3n) is 1.12. The molecule has 0 radical (unpaired) electrons. The number of hydrogen-bond acceptors (Lipinski definition) is 1. The first-order chi connectivity index (χ1) is 4.59. The van der Waals surface area contributed by atoms with Gasteiger partial charge in [-0.15, -0.1) is 23.2 Å². The molecule has 0 bridgehead atoms. The summed E-state index contributed by atoms with van der Waals surface area (Å²) < 4.78 is 0. The van der Waals surface area contributed by atoms with E-state index in [-0.39, 0.29) is 0 Å². The summed E-state index contributed by atoms with van der Waals surface area (Å²) in [6.45, 7) is 1.93. The minimum Gasteiger partial charge on any atom is -0.480 e. The normalized spacial score (nSPS) is 16.3. The maximum absolute atomic E-state index is 10.2. The lowest BCUT2D eigenvalue weighted by molar-refractivity contribution is -0.136. The van der Waals surface area contributed by atoms with Gasteiger partial charge in [0, 0.05) is 0 Å². The number of hydrogen-bond donors (Lipinski definition) is 1. The van der Waals surface area contributed by atoms with E-state index in [2.05, 4.69) is 0 Å². The van der Waals surface area contributed by atoms with Crippen molar-refractivity contribution in [2.75, 3.05) is 0 Å². The Balaban J connectivity index is 3.69. The molecule has 0 aromatic heterocycles. The number of carboxylic acid groups (broad SMARTS) is 1. The first-order valence-corrected chi connectivity index (χ1v) is 3.97. The summed E-state index contributed by atoms with van der Waals surface area (Å²) in [5, 5.41) is 6.95. The Morgan fingerprint density at radius 1 is 1.60 bits per heavy atom. The van der Waals surface area contributed by atoms with Gasteiger partial charge in [-0.3, -0.25) is 4.79 Å². The predicted molar refractivity (Wildman–Crippen MR) is 41.8 cm³/mol. The van der Waals surface area contributed by atoms with E-state index in [1.54, 1.807) is 0 Å². The standard InChI is InChI=1S/C6H10Cl2O2/c1-2-3-4(7)5(8)6(9)10/h4-5H,2-3H2,1H3,(H,9,10). The quantitative estimate of drug-likeness (QED) is 0.680. The summed E-state index contributed by atoms with van der Waals surface area (Å²) in [7, 11) is 0. The van der Waals surface area contributed by atoms with Crippen LogP contribution in [0.1, 0.15) is 19.8 Å². The first-order valence-electron chi connectivity index (χ1n) is 3.10. The smallest absolute Gasteiger partial charge is 0.323 e. The highest BCUT2D eigenvalue weighted by molar-refractivity contribution is 6.36. The number of carboxylic acids is 1. The molecular formula is C6H10Cl2O2. The molecule has 1 N–H and O–H groups in total. The van der Waals surface area contributed by atoms with Gasteiger partial charge < -0.3 is 5.11 Å². The number of aliphatic carboxylic acids is 1. The number of halogens is 2. The van der Waals surface area contributed by atoms with E-state index in [9.17, 15) is 4.79 Å².